The number of amides is 1. The van der Waals surface area contributed by atoms with Crippen molar-refractivity contribution in [3.8, 4) is 0 Å². The molecule has 1 saturated carbocycles. The zero-order chi connectivity index (χ0) is 16.8. The Labute approximate surface area is 142 Å². The maximum absolute atomic E-state index is 12.4. The Balaban J connectivity index is 1.59. The van der Waals surface area contributed by atoms with Crippen molar-refractivity contribution in [1.82, 2.24) is 15.3 Å². The normalized spacial score (nSPS) is 15.0. The minimum absolute atomic E-state index is 0.108. The average molecular weight is 324 g/mol. The molecule has 126 valence electrons. The Morgan fingerprint density at radius 2 is 2.00 bits per heavy atom. The molecule has 24 heavy (non-hydrogen) atoms. The Morgan fingerprint density at radius 3 is 2.79 bits per heavy atom. The van der Waals surface area contributed by atoms with Crippen LogP contribution in [0.4, 0.5) is 5.82 Å². The van der Waals surface area contributed by atoms with Gasteiger partial charge in [0.25, 0.3) is 5.91 Å². The smallest absolute Gasteiger partial charge is 0.270 e. The zero-order valence-electron chi connectivity index (χ0n) is 14.1. The van der Waals surface area contributed by atoms with Gasteiger partial charge in [0.15, 0.2) is 0 Å². The van der Waals surface area contributed by atoms with E-state index in [-0.39, 0.29) is 11.9 Å². The largest absolute Gasteiger partial charge is 0.366 e. The number of aryl methyl sites for hydroxylation is 1. The highest BCUT2D eigenvalue weighted by atomic mass is 16.1. The van der Waals surface area contributed by atoms with E-state index < -0.39 is 0 Å². The summed E-state index contributed by atoms with van der Waals surface area (Å²) in [6.45, 7) is 2.74. The minimum Gasteiger partial charge on any atom is -0.366 e. The van der Waals surface area contributed by atoms with Crippen LogP contribution < -0.4 is 10.6 Å². The number of benzene rings is 1. The Kier molecular flexibility index (Phi) is 5.41. The maximum atomic E-state index is 12.4. The predicted molar refractivity (Wildman–Crippen MR) is 94.9 cm³/mol. The van der Waals surface area contributed by atoms with E-state index in [1.807, 2.05) is 6.07 Å². The second kappa shape index (κ2) is 7.90. The van der Waals surface area contributed by atoms with Crippen LogP contribution in [-0.4, -0.2) is 21.9 Å². The van der Waals surface area contributed by atoms with Crippen molar-refractivity contribution in [2.45, 2.75) is 51.6 Å². The van der Waals surface area contributed by atoms with Crippen molar-refractivity contribution < 1.29 is 4.79 Å². The number of hydrogen-bond acceptors (Lipinski definition) is 4. The predicted octanol–water partition coefficient (Wildman–Crippen LogP) is 3.46. The highest BCUT2D eigenvalue weighted by Gasteiger charge is 2.17. The van der Waals surface area contributed by atoms with Gasteiger partial charge < -0.3 is 10.6 Å². The molecule has 1 amide bonds. The standard InChI is InChI=1S/C19H24N4O/c1-14-6-5-7-15(10-14)12-20-18-11-17(21-13-22-18)19(24)23-16-8-3-2-4-9-16/h5-7,10-11,13,16H,2-4,8-9,12H2,1H3,(H,23,24)(H,20,21,22). The number of nitrogens with one attached hydrogen (secondary N) is 2. The van der Waals surface area contributed by atoms with Crippen molar-refractivity contribution in [3.63, 3.8) is 0 Å². The van der Waals surface area contributed by atoms with Crippen molar-refractivity contribution in [2.24, 2.45) is 0 Å². The van der Waals surface area contributed by atoms with Gasteiger partial charge in [0.1, 0.15) is 17.8 Å². The monoisotopic (exact) mass is 324 g/mol. The number of anilines is 1. The number of rotatable bonds is 5. The molecule has 5 nitrogen and oxygen atoms in total. The summed E-state index contributed by atoms with van der Waals surface area (Å²) in [7, 11) is 0. The van der Waals surface area contributed by atoms with Crippen molar-refractivity contribution in [3.05, 3.63) is 53.5 Å². The highest BCUT2D eigenvalue weighted by Crippen LogP contribution is 2.18. The lowest BCUT2D eigenvalue weighted by molar-refractivity contribution is 0.0922. The summed E-state index contributed by atoms with van der Waals surface area (Å²) in [5.41, 5.74) is 2.83. The second-order valence-corrected chi connectivity index (χ2v) is 6.44. The maximum Gasteiger partial charge on any atom is 0.270 e. The molecular formula is C19H24N4O. The van der Waals surface area contributed by atoms with Crippen LogP contribution in [-0.2, 0) is 6.54 Å². The molecule has 2 aromatic rings. The van der Waals surface area contributed by atoms with Crippen LogP contribution in [0.25, 0.3) is 0 Å². The fraction of sp³-hybridized carbons (Fsp3) is 0.421. The van der Waals surface area contributed by atoms with Gasteiger partial charge in [0.2, 0.25) is 0 Å². The molecule has 0 spiro atoms. The average Bonchev–Trinajstić information content (AvgIpc) is 2.61. The Morgan fingerprint density at radius 1 is 1.17 bits per heavy atom. The quantitative estimate of drug-likeness (QED) is 0.884. The molecule has 1 aromatic carbocycles. The third-order valence-corrected chi connectivity index (χ3v) is 4.40. The van der Waals surface area contributed by atoms with Gasteiger partial charge in [-0.25, -0.2) is 9.97 Å². The molecule has 3 rings (SSSR count). The molecule has 1 aliphatic carbocycles. The van der Waals surface area contributed by atoms with E-state index >= 15 is 0 Å². The molecule has 1 aromatic heterocycles. The van der Waals surface area contributed by atoms with Gasteiger partial charge in [-0.05, 0) is 25.3 Å². The van der Waals surface area contributed by atoms with E-state index in [1.165, 1.54) is 36.7 Å². The first-order chi connectivity index (χ1) is 11.7. The molecule has 0 saturated heterocycles. The summed E-state index contributed by atoms with van der Waals surface area (Å²) in [6.07, 6.45) is 7.22. The van der Waals surface area contributed by atoms with Gasteiger partial charge in [0.05, 0.1) is 0 Å². The molecule has 0 bridgehead atoms. The summed E-state index contributed by atoms with van der Waals surface area (Å²) in [4.78, 5) is 20.7. The molecule has 5 heteroatoms. The van der Waals surface area contributed by atoms with Gasteiger partial charge in [-0.2, -0.15) is 0 Å². The molecular weight excluding hydrogens is 300 g/mol. The first kappa shape index (κ1) is 16.4. The number of carbonyl (C=O) groups is 1. The van der Waals surface area contributed by atoms with E-state index in [0.717, 1.165) is 12.8 Å². The summed E-state index contributed by atoms with van der Waals surface area (Å²) >= 11 is 0. The molecule has 0 unspecified atom stereocenters. The third kappa shape index (κ3) is 4.54. The summed E-state index contributed by atoms with van der Waals surface area (Å²) in [5, 5.41) is 6.34. The highest BCUT2D eigenvalue weighted by molar-refractivity contribution is 5.93. The van der Waals surface area contributed by atoms with Gasteiger partial charge >= 0.3 is 0 Å². The van der Waals surface area contributed by atoms with Crippen LogP contribution in [0.3, 0.4) is 0 Å². The number of aromatic nitrogens is 2. The topological polar surface area (TPSA) is 66.9 Å². The van der Waals surface area contributed by atoms with E-state index in [4.69, 9.17) is 0 Å². The molecule has 0 radical (unpaired) electrons. The molecule has 1 aliphatic rings. The van der Waals surface area contributed by atoms with Gasteiger partial charge in [-0.1, -0.05) is 49.1 Å². The van der Waals surface area contributed by atoms with Crippen LogP contribution in [0, 0.1) is 6.92 Å². The molecule has 0 aliphatic heterocycles. The fourth-order valence-electron chi connectivity index (χ4n) is 3.10. The number of hydrogen-bond donors (Lipinski definition) is 2. The van der Waals surface area contributed by atoms with E-state index in [2.05, 4.69) is 45.7 Å². The van der Waals surface area contributed by atoms with Crippen LogP contribution in [0.2, 0.25) is 0 Å². The zero-order valence-corrected chi connectivity index (χ0v) is 14.1. The molecule has 1 fully saturated rings. The van der Waals surface area contributed by atoms with E-state index in [0.29, 0.717) is 18.1 Å². The first-order valence-corrected chi connectivity index (χ1v) is 8.63. The van der Waals surface area contributed by atoms with E-state index in [9.17, 15) is 4.79 Å². The lowest BCUT2D eigenvalue weighted by Gasteiger charge is -2.22. The number of nitrogens with zero attached hydrogens (tertiary/aromatic N) is 2. The molecule has 1 heterocycles. The second-order valence-electron chi connectivity index (χ2n) is 6.44. The van der Waals surface area contributed by atoms with Crippen LogP contribution in [0.5, 0.6) is 0 Å². The Bertz CT molecular complexity index is 695. The molecule has 2 N–H and O–H groups in total. The van der Waals surface area contributed by atoms with Gasteiger partial charge in [-0.3, -0.25) is 4.79 Å². The van der Waals surface area contributed by atoms with Crippen LogP contribution in [0.1, 0.15) is 53.7 Å². The van der Waals surface area contributed by atoms with Crippen molar-refractivity contribution >= 4 is 11.7 Å². The lowest BCUT2D eigenvalue weighted by Crippen LogP contribution is -2.36. The number of carbonyl (C=O) groups excluding carboxylic acids is 1. The fourth-order valence-corrected chi connectivity index (χ4v) is 3.10. The Hall–Kier alpha value is -2.43. The van der Waals surface area contributed by atoms with Crippen molar-refractivity contribution in [2.75, 3.05) is 5.32 Å². The summed E-state index contributed by atoms with van der Waals surface area (Å²) in [6, 6.07) is 10.3. The van der Waals surface area contributed by atoms with Gasteiger partial charge in [0, 0.05) is 18.7 Å². The summed E-state index contributed by atoms with van der Waals surface area (Å²) < 4.78 is 0. The molecule has 0 atom stereocenters. The van der Waals surface area contributed by atoms with Crippen LogP contribution in [0.15, 0.2) is 36.7 Å². The minimum atomic E-state index is -0.108. The van der Waals surface area contributed by atoms with Gasteiger partial charge in [-0.15, -0.1) is 0 Å². The first-order valence-electron chi connectivity index (χ1n) is 8.63. The lowest BCUT2D eigenvalue weighted by atomic mass is 9.95. The SMILES string of the molecule is Cc1cccc(CNc2cc(C(=O)NC3CCCCC3)ncn2)c1. The van der Waals surface area contributed by atoms with E-state index in [1.54, 1.807) is 6.07 Å². The third-order valence-electron chi connectivity index (χ3n) is 4.40. The summed E-state index contributed by atoms with van der Waals surface area (Å²) in [5.74, 6) is 0.559. The van der Waals surface area contributed by atoms with Crippen molar-refractivity contribution in [1.29, 1.82) is 0 Å². The van der Waals surface area contributed by atoms with Crippen LogP contribution >= 0.6 is 0 Å².